The molecule has 3 aromatic rings. The van der Waals surface area contributed by atoms with Crippen LogP contribution < -0.4 is 4.74 Å². The van der Waals surface area contributed by atoms with Crippen LogP contribution in [0.1, 0.15) is 31.7 Å². The first-order valence-electron chi connectivity index (χ1n) is 8.30. The van der Waals surface area contributed by atoms with Crippen LogP contribution in [-0.4, -0.2) is 21.9 Å². The van der Waals surface area contributed by atoms with Gasteiger partial charge in [0.1, 0.15) is 5.82 Å². The van der Waals surface area contributed by atoms with Crippen molar-refractivity contribution in [2.24, 2.45) is 5.92 Å². The number of ether oxygens (including phenoxy) is 1. The Morgan fingerprint density at radius 1 is 1.28 bits per heavy atom. The Morgan fingerprint density at radius 3 is 2.68 bits per heavy atom. The molecule has 0 bridgehead atoms. The van der Waals surface area contributed by atoms with Crippen LogP contribution >= 0.6 is 11.6 Å². The normalized spacial score (nSPS) is 12.8. The zero-order chi connectivity index (χ0) is 18.1. The molecule has 1 aromatic carbocycles. The summed E-state index contributed by atoms with van der Waals surface area (Å²) >= 11 is 6.46. The van der Waals surface area contributed by atoms with E-state index in [0.29, 0.717) is 29.1 Å². The van der Waals surface area contributed by atoms with Crippen molar-refractivity contribution < 1.29 is 9.13 Å². The highest BCUT2D eigenvalue weighted by atomic mass is 35.5. The molecule has 2 aromatic heterocycles. The number of fused-ring (bicyclic) bond motifs is 1. The van der Waals surface area contributed by atoms with Crippen molar-refractivity contribution in [3.8, 4) is 17.1 Å². The van der Waals surface area contributed by atoms with Crippen molar-refractivity contribution in [3.05, 3.63) is 41.8 Å². The van der Waals surface area contributed by atoms with Gasteiger partial charge in [-0.1, -0.05) is 13.8 Å². The third-order valence-electron chi connectivity index (χ3n) is 4.27. The van der Waals surface area contributed by atoms with E-state index in [4.69, 9.17) is 16.3 Å². The van der Waals surface area contributed by atoms with Crippen molar-refractivity contribution in [1.82, 2.24) is 14.8 Å². The maximum Gasteiger partial charge on any atom is 0.218 e. The Kier molecular flexibility index (Phi) is 4.95. The third-order valence-corrected chi connectivity index (χ3v) is 5.01. The maximum atomic E-state index is 14.4. The van der Waals surface area contributed by atoms with Gasteiger partial charge in [0.15, 0.2) is 0 Å². The predicted octanol–water partition coefficient (Wildman–Crippen LogP) is 5.20. The fraction of sp³-hybridized carbons (Fsp3) is 0.368. The molecule has 25 heavy (non-hydrogen) atoms. The molecule has 2 heterocycles. The van der Waals surface area contributed by atoms with E-state index in [-0.39, 0.29) is 17.1 Å². The minimum absolute atomic E-state index is 0.197. The number of halogens is 2. The average Bonchev–Trinajstić information content (AvgIpc) is 3.04. The van der Waals surface area contributed by atoms with Crippen LogP contribution in [0.2, 0.25) is 0 Å². The summed E-state index contributed by atoms with van der Waals surface area (Å²) in [5, 5.41) is 4.53. The predicted molar refractivity (Wildman–Crippen MR) is 98.6 cm³/mol. The molecule has 1 atom stereocenters. The van der Waals surface area contributed by atoms with Gasteiger partial charge in [-0.25, -0.2) is 9.37 Å². The maximum absolute atomic E-state index is 14.4. The molecule has 0 saturated carbocycles. The van der Waals surface area contributed by atoms with Gasteiger partial charge in [0.2, 0.25) is 5.88 Å². The number of pyridine rings is 1. The van der Waals surface area contributed by atoms with Gasteiger partial charge in [0.05, 0.1) is 35.3 Å². The topological polar surface area (TPSA) is 39.9 Å². The number of alkyl halides is 1. The molecule has 0 aliphatic carbocycles. The molecule has 0 N–H and O–H groups in total. The Hall–Kier alpha value is -2.14. The molecule has 0 spiro atoms. The van der Waals surface area contributed by atoms with Crippen LogP contribution in [0.4, 0.5) is 4.39 Å². The molecule has 4 nitrogen and oxygen atoms in total. The number of hydrogen-bond donors (Lipinski definition) is 0. The average molecular weight is 362 g/mol. The molecule has 0 radical (unpaired) electrons. The van der Waals surface area contributed by atoms with Gasteiger partial charge in [0, 0.05) is 17.7 Å². The smallest absolute Gasteiger partial charge is 0.218 e. The summed E-state index contributed by atoms with van der Waals surface area (Å²) in [4.78, 5) is 4.55. The third kappa shape index (κ3) is 3.21. The van der Waals surface area contributed by atoms with E-state index in [0.717, 1.165) is 11.1 Å². The molecule has 0 aliphatic rings. The molecule has 0 saturated heterocycles. The lowest BCUT2D eigenvalue weighted by Gasteiger charge is -2.17. The Morgan fingerprint density at radius 2 is 2.04 bits per heavy atom. The van der Waals surface area contributed by atoms with Gasteiger partial charge in [-0.2, -0.15) is 5.10 Å². The first kappa shape index (κ1) is 17.7. The standard InChI is InChI=1S/C19H21ClFN3O/c1-5-24-17-9-12(8-15(21)14(17)10-22-24)16-7-6-13(18(20)11(2)3)19(23-16)25-4/h6-11,18H,5H2,1-4H3. The second-order valence-electron chi connectivity index (χ2n) is 6.29. The van der Waals surface area contributed by atoms with Gasteiger partial charge in [-0.05, 0) is 37.1 Å². The zero-order valence-corrected chi connectivity index (χ0v) is 15.5. The summed E-state index contributed by atoms with van der Waals surface area (Å²) in [5.74, 6) is 0.404. The Balaban J connectivity index is 2.11. The zero-order valence-electron chi connectivity index (χ0n) is 14.8. The Bertz CT molecular complexity index is 907. The lowest BCUT2D eigenvalue weighted by atomic mass is 10.0. The monoisotopic (exact) mass is 361 g/mol. The van der Waals surface area contributed by atoms with Crippen molar-refractivity contribution in [1.29, 1.82) is 0 Å². The molecule has 0 amide bonds. The highest BCUT2D eigenvalue weighted by Crippen LogP contribution is 2.36. The molecule has 1 unspecified atom stereocenters. The van der Waals surface area contributed by atoms with E-state index in [2.05, 4.69) is 10.1 Å². The molecule has 0 aliphatic heterocycles. The second kappa shape index (κ2) is 7.00. The second-order valence-corrected chi connectivity index (χ2v) is 6.76. The lowest BCUT2D eigenvalue weighted by Crippen LogP contribution is -2.04. The van der Waals surface area contributed by atoms with Crippen LogP contribution in [0, 0.1) is 11.7 Å². The van der Waals surface area contributed by atoms with E-state index in [9.17, 15) is 4.39 Å². The number of benzene rings is 1. The first-order valence-corrected chi connectivity index (χ1v) is 8.74. The van der Waals surface area contributed by atoms with Gasteiger partial charge in [0.25, 0.3) is 0 Å². The number of rotatable bonds is 5. The van der Waals surface area contributed by atoms with E-state index >= 15 is 0 Å². The van der Waals surface area contributed by atoms with E-state index < -0.39 is 0 Å². The fourth-order valence-corrected chi connectivity index (χ4v) is 3.04. The van der Waals surface area contributed by atoms with E-state index in [1.807, 2.05) is 39.0 Å². The van der Waals surface area contributed by atoms with Crippen molar-refractivity contribution in [2.75, 3.05) is 7.11 Å². The molecular formula is C19H21ClFN3O. The summed E-state index contributed by atoms with van der Waals surface area (Å²) in [6, 6.07) is 7.13. The van der Waals surface area contributed by atoms with Crippen LogP contribution in [0.3, 0.4) is 0 Å². The molecule has 3 rings (SSSR count). The van der Waals surface area contributed by atoms with Crippen molar-refractivity contribution in [3.63, 3.8) is 0 Å². The molecule has 0 fully saturated rings. The number of methoxy groups -OCH3 is 1. The summed E-state index contributed by atoms with van der Waals surface area (Å²) in [6.45, 7) is 6.73. The molecule has 132 valence electrons. The van der Waals surface area contributed by atoms with Crippen LogP contribution in [0.15, 0.2) is 30.5 Å². The lowest BCUT2D eigenvalue weighted by molar-refractivity contribution is 0.389. The van der Waals surface area contributed by atoms with Crippen LogP contribution in [0.25, 0.3) is 22.2 Å². The van der Waals surface area contributed by atoms with Gasteiger partial charge >= 0.3 is 0 Å². The van der Waals surface area contributed by atoms with Crippen molar-refractivity contribution >= 4 is 22.5 Å². The molecule has 6 heteroatoms. The first-order chi connectivity index (χ1) is 12.0. The highest BCUT2D eigenvalue weighted by molar-refractivity contribution is 6.21. The molecular weight excluding hydrogens is 341 g/mol. The summed E-state index contributed by atoms with van der Waals surface area (Å²) in [6.07, 6.45) is 1.55. The van der Waals surface area contributed by atoms with Crippen LogP contribution in [-0.2, 0) is 6.54 Å². The fourth-order valence-electron chi connectivity index (χ4n) is 2.88. The van der Waals surface area contributed by atoms with Gasteiger partial charge < -0.3 is 4.74 Å². The number of nitrogens with zero attached hydrogens (tertiary/aromatic N) is 3. The minimum atomic E-state index is -0.311. The number of hydrogen-bond acceptors (Lipinski definition) is 3. The van der Waals surface area contributed by atoms with Crippen molar-refractivity contribution in [2.45, 2.75) is 32.7 Å². The number of aromatic nitrogens is 3. The van der Waals surface area contributed by atoms with Gasteiger partial charge in [-0.3, -0.25) is 4.68 Å². The van der Waals surface area contributed by atoms with Crippen LogP contribution in [0.5, 0.6) is 5.88 Å². The largest absolute Gasteiger partial charge is 0.481 e. The summed E-state index contributed by atoms with van der Waals surface area (Å²) in [5.41, 5.74) is 2.90. The van der Waals surface area contributed by atoms with Gasteiger partial charge in [-0.15, -0.1) is 11.6 Å². The van der Waals surface area contributed by atoms with E-state index in [1.54, 1.807) is 18.0 Å². The summed E-state index contributed by atoms with van der Waals surface area (Å²) in [7, 11) is 1.56. The number of aryl methyl sites for hydroxylation is 1. The highest BCUT2D eigenvalue weighted by Gasteiger charge is 2.19. The minimum Gasteiger partial charge on any atom is -0.481 e. The SMILES string of the molecule is CCn1ncc2c(F)cc(-c3ccc(C(Cl)C(C)C)c(OC)n3)cc21. The summed E-state index contributed by atoms with van der Waals surface area (Å²) < 4.78 is 21.6. The Labute approximate surface area is 151 Å². The van der Waals surface area contributed by atoms with E-state index in [1.165, 1.54) is 6.07 Å². The quantitative estimate of drug-likeness (QED) is 0.586.